The topological polar surface area (TPSA) is 62.7 Å². The molecule has 0 saturated carbocycles. The zero-order valence-electron chi connectivity index (χ0n) is 14.4. The van der Waals surface area contributed by atoms with Crippen molar-refractivity contribution in [1.29, 1.82) is 0 Å². The standard InChI is InChI=1S/C21H17ClN4O/c22-18-12-11-17(14-23-18)26-19(16-9-5-2-6-10-16)20(25-21(26)27)24-13-15-7-3-1-4-8-15/h1-12,14,24H,13H2,(H,25,27). The highest BCUT2D eigenvalue weighted by Crippen LogP contribution is 2.28. The predicted molar refractivity (Wildman–Crippen MR) is 108 cm³/mol. The number of hydrogen-bond donors (Lipinski definition) is 2. The number of hydrogen-bond acceptors (Lipinski definition) is 3. The van der Waals surface area contributed by atoms with E-state index in [4.69, 9.17) is 11.6 Å². The van der Waals surface area contributed by atoms with E-state index in [1.54, 1.807) is 22.9 Å². The minimum absolute atomic E-state index is 0.242. The molecule has 0 saturated heterocycles. The van der Waals surface area contributed by atoms with Crippen LogP contribution in [0.5, 0.6) is 0 Å². The fourth-order valence-electron chi connectivity index (χ4n) is 2.97. The highest BCUT2D eigenvalue weighted by atomic mass is 35.5. The van der Waals surface area contributed by atoms with E-state index in [9.17, 15) is 4.79 Å². The second-order valence-corrected chi connectivity index (χ2v) is 6.42. The van der Waals surface area contributed by atoms with Gasteiger partial charge in [0, 0.05) is 12.1 Å². The zero-order valence-corrected chi connectivity index (χ0v) is 15.1. The molecule has 0 spiro atoms. The van der Waals surface area contributed by atoms with Gasteiger partial charge in [0.2, 0.25) is 0 Å². The zero-order chi connectivity index (χ0) is 18.6. The average Bonchev–Trinajstić information content (AvgIpc) is 3.04. The Balaban J connectivity index is 1.80. The van der Waals surface area contributed by atoms with Gasteiger partial charge in [-0.3, -0.25) is 9.55 Å². The number of imidazole rings is 1. The molecule has 6 heteroatoms. The third kappa shape index (κ3) is 3.64. The van der Waals surface area contributed by atoms with Crippen LogP contribution in [-0.4, -0.2) is 14.5 Å². The quantitative estimate of drug-likeness (QED) is 0.504. The third-order valence-corrected chi connectivity index (χ3v) is 4.45. The Labute approximate surface area is 161 Å². The van der Waals surface area contributed by atoms with E-state index >= 15 is 0 Å². The first-order valence-electron chi connectivity index (χ1n) is 8.52. The molecule has 0 radical (unpaired) electrons. The Morgan fingerprint density at radius 1 is 0.963 bits per heavy atom. The number of aromatic amines is 1. The monoisotopic (exact) mass is 376 g/mol. The molecule has 0 unspecified atom stereocenters. The van der Waals surface area contributed by atoms with E-state index in [0.717, 1.165) is 16.8 Å². The molecule has 134 valence electrons. The molecule has 5 nitrogen and oxygen atoms in total. The minimum atomic E-state index is -0.242. The lowest BCUT2D eigenvalue weighted by Crippen LogP contribution is -2.15. The Hall–Kier alpha value is -3.31. The molecule has 2 aromatic heterocycles. The van der Waals surface area contributed by atoms with Crippen LogP contribution in [0.15, 0.2) is 83.8 Å². The second kappa shape index (κ2) is 7.51. The van der Waals surface area contributed by atoms with Gasteiger partial charge in [0.05, 0.1) is 17.6 Å². The van der Waals surface area contributed by atoms with Crippen molar-refractivity contribution in [3.63, 3.8) is 0 Å². The SMILES string of the molecule is O=c1[nH]c(NCc2ccccc2)c(-c2ccccc2)n1-c1ccc(Cl)nc1. The maximum atomic E-state index is 12.7. The van der Waals surface area contributed by atoms with E-state index in [0.29, 0.717) is 23.2 Å². The fraction of sp³-hybridized carbons (Fsp3) is 0.0476. The van der Waals surface area contributed by atoms with Crippen molar-refractivity contribution in [1.82, 2.24) is 14.5 Å². The molecule has 2 N–H and O–H groups in total. The van der Waals surface area contributed by atoms with E-state index < -0.39 is 0 Å². The highest BCUT2D eigenvalue weighted by Gasteiger charge is 2.17. The van der Waals surface area contributed by atoms with Gasteiger partial charge in [-0.15, -0.1) is 0 Å². The van der Waals surface area contributed by atoms with Gasteiger partial charge >= 0.3 is 5.69 Å². The van der Waals surface area contributed by atoms with Crippen LogP contribution < -0.4 is 11.0 Å². The first-order valence-corrected chi connectivity index (χ1v) is 8.90. The molecule has 4 rings (SSSR count). The molecular formula is C21H17ClN4O. The molecule has 0 amide bonds. The number of pyridine rings is 1. The highest BCUT2D eigenvalue weighted by molar-refractivity contribution is 6.29. The summed E-state index contributed by atoms with van der Waals surface area (Å²) in [5, 5.41) is 3.73. The predicted octanol–water partition coefficient (Wildman–Crippen LogP) is 4.49. The summed E-state index contributed by atoms with van der Waals surface area (Å²) >= 11 is 5.90. The van der Waals surface area contributed by atoms with Crippen molar-refractivity contribution in [2.45, 2.75) is 6.54 Å². The molecule has 0 aliphatic carbocycles. The van der Waals surface area contributed by atoms with Gasteiger partial charge in [-0.1, -0.05) is 72.3 Å². The number of benzene rings is 2. The second-order valence-electron chi connectivity index (χ2n) is 6.03. The molecule has 0 aliphatic heterocycles. The summed E-state index contributed by atoms with van der Waals surface area (Å²) in [6.45, 7) is 0.597. The van der Waals surface area contributed by atoms with Crippen LogP contribution in [0.1, 0.15) is 5.56 Å². The largest absolute Gasteiger partial charge is 0.366 e. The van der Waals surface area contributed by atoms with Gasteiger partial charge in [-0.2, -0.15) is 0 Å². The minimum Gasteiger partial charge on any atom is -0.366 e. The van der Waals surface area contributed by atoms with Crippen molar-refractivity contribution in [2.24, 2.45) is 0 Å². The Morgan fingerprint density at radius 3 is 2.33 bits per heavy atom. The van der Waals surface area contributed by atoms with Crippen LogP contribution >= 0.6 is 11.6 Å². The summed E-state index contributed by atoms with van der Waals surface area (Å²) < 4.78 is 1.60. The van der Waals surface area contributed by atoms with Crippen LogP contribution in [0.25, 0.3) is 16.9 Å². The van der Waals surface area contributed by atoms with Gasteiger partial charge in [0.15, 0.2) is 0 Å². The first-order chi connectivity index (χ1) is 13.2. The van der Waals surface area contributed by atoms with Crippen LogP contribution in [0, 0.1) is 0 Å². The smallest absolute Gasteiger partial charge is 0.332 e. The van der Waals surface area contributed by atoms with Crippen LogP contribution in [0.4, 0.5) is 5.82 Å². The number of nitrogens with zero attached hydrogens (tertiary/aromatic N) is 2. The van der Waals surface area contributed by atoms with Gasteiger partial charge in [0.25, 0.3) is 0 Å². The molecule has 4 aromatic rings. The van der Waals surface area contributed by atoms with Gasteiger partial charge in [0.1, 0.15) is 11.0 Å². The molecule has 2 aromatic carbocycles. The van der Waals surface area contributed by atoms with Crippen molar-refractivity contribution >= 4 is 17.4 Å². The lowest BCUT2D eigenvalue weighted by Gasteiger charge is -2.11. The van der Waals surface area contributed by atoms with Gasteiger partial charge in [-0.05, 0) is 17.7 Å². The van der Waals surface area contributed by atoms with Crippen molar-refractivity contribution in [3.05, 3.63) is 100 Å². The Morgan fingerprint density at radius 2 is 1.67 bits per heavy atom. The van der Waals surface area contributed by atoms with E-state index in [1.807, 2.05) is 60.7 Å². The van der Waals surface area contributed by atoms with Gasteiger partial charge in [-0.25, -0.2) is 9.78 Å². The average molecular weight is 377 g/mol. The van der Waals surface area contributed by atoms with Crippen molar-refractivity contribution in [2.75, 3.05) is 5.32 Å². The Bertz CT molecular complexity index is 1090. The lowest BCUT2D eigenvalue weighted by molar-refractivity contribution is 0.981. The summed E-state index contributed by atoms with van der Waals surface area (Å²) in [6, 6.07) is 23.2. The number of halogens is 1. The number of nitrogens with one attached hydrogen (secondary N) is 2. The normalized spacial score (nSPS) is 10.7. The lowest BCUT2D eigenvalue weighted by atomic mass is 10.1. The molecule has 27 heavy (non-hydrogen) atoms. The van der Waals surface area contributed by atoms with Crippen LogP contribution in [-0.2, 0) is 6.54 Å². The maximum absolute atomic E-state index is 12.7. The maximum Gasteiger partial charge on any atom is 0.332 e. The van der Waals surface area contributed by atoms with E-state index in [1.165, 1.54) is 0 Å². The van der Waals surface area contributed by atoms with Gasteiger partial charge < -0.3 is 5.32 Å². The van der Waals surface area contributed by atoms with Crippen molar-refractivity contribution in [3.8, 4) is 16.9 Å². The molecule has 2 heterocycles. The number of anilines is 1. The Kier molecular flexibility index (Phi) is 4.77. The molecule has 0 atom stereocenters. The number of aromatic nitrogens is 3. The van der Waals surface area contributed by atoms with Crippen LogP contribution in [0.3, 0.4) is 0 Å². The molecular weight excluding hydrogens is 360 g/mol. The van der Waals surface area contributed by atoms with Crippen LogP contribution in [0.2, 0.25) is 5.15 Å². The number of rotatable bonds is 5. The molecule has 0 fully saturated rings. The van der Waals surface area contributed by atoms with Crippen molar-refractivity contribution < 1.29 is 0 Å². The summed E-state index contributed by atoms with van der Waals surface area (Å²) in [5.41, 5.74) is 3.20. The summed E-state index contributed by atoms with van der Waals surface area (Å²) in [6.07, 6.45) is 1.59. The summed E-state index contributed by atoms with van der Waals surface area (Å²) in [5.74, 6) is 0.657. The third-order valence-electron chi connectivity index (χ3n) is 4.22. The fourth-order valence-corrected chi connectivity index (χ4v) is 3.08. The van der Waals surface area contributed by atoms with E-state index in [-0.39, 0.29) is 5.69 Å². The first kappa shape index (κ1) is 17.1. The molecule has 0 bridgehead atoms. The summed E-state index contributed by atoms with van der Waals surface area (Å²) in [7, 11) is 0. The summed E-state index contributed by atoms with van der Waals surface area (Å²) in [4.78, 5) is 19.8. The van der Waals surface area contributed by atoms with E-state index in [2.05, 4.69) is 15.3 Å². The molecule has 0 aliphatic rings. The number of H-pyrrole nitrogens is 1.